The zero-order chi connectivity index (χ0) is 15.0. The molecule has 3 saturated heterocycles. The smallest absolute Gasteiger partial charge is 0.408 e. The topological polar surface area (TPSA) is 83.1 Å². The maximum Gasteiger partial charge on any atom is 0.408 e. The first-order chi connectivity index (χ1) is 9.18. The molecule has 0 saturated carbocycles. The summed E-state index contributed by atoms with van der Waals surface area (Å²) in [5, 5.41) is 2.42. The number of aldehydes is 1. The van der Waals surface area contributed by atoms with Crippen LogP contribution in [0.15, 0.2) is 0 Å². The van der Waals surface area contributed by atoms with Crippen LogP contribution in [0.2, 0.25) is 0 Å². The molecule has 114 valence electrons. The van der Waals surface area contributed by atoms with Crippen molar-refractivity contribution in [2.45, 2.75) is 45.3 Å². The Hall–Kier alpha value is -1.18. The average molecular weight is 288 g/mol. The second-order valence-corrected chi connectivity index (χ2v) is 6.54. The number of hydrogen-bond donors (Lipinski definition) is 1. The van der Waals surface area contributed by atoms with Crippen LogP contribution in [0.3, 0.4) is 0 Å². The number of carbonyl (C=O) groups is 2. The number of alkyl carbamates (subject to hydrolysis) is 1. The average Bonchev–Trinajstić information content (AvgIpc) is 2.35. The largest absolute Gasteiger partial charge is 0.444 e. The Morgan fingerprint density at radius 2 is 1.75 bits per heavy atom. The fraction of sp³-hybridized carbons (Fsp3) is 0.846. The predicted octanol–water partition coefficient (Wildman–Crippen LogP) is 0.816. The number of amides is 1. The summed E-state index contributed by atoms with van der Waals surface area (Å²) < 4.78 is 21.6. The second-order valence-electron chi connectivity index (χ2n) is 6.54. The van der Waals surface area contributed by atoms with E-state index in [-0.39, 0.29) is 5.41 Å². The van der Waals surface area contributed by atoms with Crippen molar-refractivity contribution in [3.05, 3.63) is 0 Å². The van der Waals surface area contributed by atoms with Gasteiger partial charge in [0.2, 0.25) is 0 Å². The zero-order valence-electron chi connectivity index (χ0n) is 12.2. The van der Waals surface area contributed by atoms with Gasteiger partial charge >= 0.3 is 12.1 Å². The molecule has 1 atom stereocenters. The van der Waals surface area contributed by atoms with Crippen molar-refractivity contribution in [3.63, 3.8) is 0 Å². The van der Waals surface area contributed by atoms with Gasteiger partial charge in [0.15, 0.2) is 12.3 Å². The molecule has 7 heteroatoms. The highest BCUT2D eigenvalue weighted by molar-refractivity contribution is 5.74. The lowest BCUT2D eigenvalue weighted by atomic mass is 9.91. The Balaban J connectivity index is 2.02. The molecular formula is C13H21NO6. The first-order valence-electron chi connectivity index (χ1n) is 6.55. The monoisotopic (exact) mass is 288 g/mol. The van der Waals surface area contributed by atoms with Gasteiger partial charge in [0.25, 0.3) is 0 Å². The molecule has 0 unspecified atom stereocenters. The van der Waals surface area contributed by atoms with E-state index in [1.165, 1.54) is 0 Å². The van der Waals surface area contributed by atoms with Gasteiger partial charge in [0, 0.05) is 5.41 Å². The molecule has 3 fully saturated rings. The summed E-state index contributed by atoms with van der Waals surface area (Å²) in [6.07, 6.45) is -0.198. The summed E-state index contributed by atoms with van der Waals surface area (Å²) >= 11 is 0. The number of fused-ring (bicyclic) bond motifs is 3. The molecule has 0 radical (unpaired) electrons. The van der Waals surface area contributed by atoms with Crippen LogP contribution in [0.5, 0.6) is 0 Å². The minimum atomic E-state index is -1.55. The van der Waals surface area contributed by atoms with Crippen molar-refractivity contribution in [2.24, 2.45) is 5.41 Å². The summed E-state index contributed by atoms with van der Waals surface area (Å²) in [6.45, 7) is 8.39. The van der Waals surface area contributed by atoms with Gasteiger partial charge in [-0.25, -0.2) is 4.79 Å². The van der Waals surface area contributed by atoms with Crippen LogP contribution in [0.4, 0.5) is 4.79 Å². The molecule has 3 aliphatic heterocycles. The lowest BCUT2D eigenvalue weighted by Gasteiger charge is -2.51. The fourth-order valence-electron chi connectivity index (χ4n) is 1.98. The highest BCUT2D eigenvalue weighted by atomic mass is 16.9. The lowest BCUT2D eigenvalue weighted by molar-refractivity contribution is -0.468. The van der Waals surface area contributed by atoms with Crippen LogP contribution in [0, 0.1) is 5.41 Å². The maximum atomic E-state index is 11.7. The molecule has 0 aliphatic carbocycles. The molecule has 3 rings (SSSR count). The maximum absolute atomic E-state index is 11.7. The second kappa shape index (κ2) is 4.98. The minimum Gasteiger partial charge on any atom is -0.444 e. The normalized spacial score (nSPS) is 34.4. The Morgan fingerprint density at radius 3 is 2.15 bits per heavy atom. The highest BCUT2D eigenvalue weighted by Crippen LogP contribution is 2.39. The highest BCUT2D eigenvalue weighted by Gasteiger charge is 2.55. The van der Waals surface area contributed by atoms with Crippen LogP contribution in [-0.4, -0.2) is 49.8 Å². The first-order valence-corrected chi connectivity index (χ1v) is 6.55. The molecule has 20 heavy (non-hydrogen) atoms. The van der Waals surface area contributed by atoms with Crippen molar-refractivity contribution in [1.82, 2.24) is 5.32 Å². The summed E-state index contributed by atoms with van der Waals surface area (Å²) in [6, 6.07) is -1.08. The third-order valence-electron chi connectivity index (χ3n) is 3.05. The molecule has 1 N–H and O–H groups in total. The molecule has 7 nitrogen and oxygen atoms in total. The summed E-state index contributed by atoms with van der Waals surface area (Å²) in [4.78, 5) is 23.0. The van der Waals surface area contributed by atoms with Gasteiger partial charge in [0.05, 0.1) is 19.8 Å². The van der Waals surface area contributed by atoms with Gasteiger partial charge in [-0.3, -0.25) is 0 Å². The van der Waals surface area contributed by atoms with Gasteiger partial charge in [-0.05, 0) is 20.8 Å². The van der Waals surface area contributed by atoms with E-state index in [0.29, 0.717) is 26.1 Å². The Bertz CT molecular complexity index is 378. The van der Waals surface area contributed by atoms with Crippen LogP contribution in [0.1, 0.15) is 27.7 Å². The number of hydrogen-bond acceptors (Lipinski definition) is 6. The predicted molar refractivity (Wildman–Crippen MR) is 67.9 cm³/mol. The van der Waals surface area contributed by atoms with E-state index in [9.17, 15) is 9.59 Å². The van der Waals surface area contributed by atoms with Gasteiger partial charge in [-0.2, -0.15) is 0 Å². The van der Waals surface area contributed by atoms with Crippen LogP contribution < -0.4 is 5.32 Å². The fourth-order valence-corrected chi connectivity index (χ4v) is 1.98. The van der Waals surface area contributed by atoms with Crippen molar-refractivity contribution in [1.29, 1.82) is 0 Å². The molecule has 0 aromatic carbocycles. The molecule has 3 heterocycles. The molecule has 0 aromatic rings. The van der Waals surface area contributed by atoms with E-state index in [2.05, 4.69) is 5.32 Å². The van der Waals surface area contributed by atoms with E-state index in [0.717, 1.165) is 0 Å². The van der Waals surface area contributed by atoms with Crippen molar-refractivity contribution < 1.29 is 28.5 Å². The van der Waals surface area contributed by atoms with Gasteiger partial charge in [0.1, 0.15) is 5.60 Å². The van der Waals surface area contributed by atoms with Gasteiger partial charge < -0.3 is 29.1 Å². The van der Waals surface area contributed by atoms with E-state index in [1.807, 2.05) is 6.92 Å². The number of rotatable bonds is 3. The summed E-state index contributed by atoms with van der Waals surface area (Å²) in [7, 11) is 0. The van der Waals surface area contributed by atoms with Crippen LogP contribution in [0.25, 0.3) is 0 Å². The van der Waals surface area contributed by atoms with E-state index >= 15 is 0 Å². The lowest BCUT2D eigenvalue weighted by Crippen LogP contribution is -2.68. The molecule has 3 aliphatic rings. The molecule has 0 spiro atoms. The first kappa shape index (κ1) is 15.2. The van der Waals surface area contributed by atoms with Crippen molar-refractivity contribution >= 4 is 12.4 Å². The minimum absolute atomic E-state index is 0.207. The number of ether oxygens (including phenoxy) is 4. The SMILES string of the molecule is CC12COC([C@H](C=O)[15NH]C(=O)OC(C)(C)C)(OC1)OC2. The van der Waals surface area contributed by atoms with E-state index < -0.39 is 23.7 Å². The third kappa shape index (κ3) is 3.11. The standard InChI is InChI=1S/C13H21NO6/c1-11(2,3)20-10(16)14-9(5-15)13-17-6-12(4,7-18-13)8-19-13/h5,9H,6-8H2,1-4H3,(H,14,16)/t9-,12?,13?/m0/s1/i14+1. The Kier molecular flexibility index (Phi) is 3.79. The van der Waals surface area contributed by atoms with Crippen LogP contribution in [-0.2, 0) is 23.7 Å². The summed E-state index contributed by atoms with van der Waals surface area (Å²) in [5.74, 6) is -1.55. The Labute approximate surface area is 117 Å². The van der Waals surface area contributed by atoms with Gasteiger partial charge in [-0.15, -0.1) is 0 Å². The number of carbonyl (C=O) groups excluding carboxylic acids is 2. The van der Waals surface area contributed by atoms with Gasteiger partial charge in [-0.1, -0.05) is 6.92 Å². The van der Waals surface area contributed by atoms with Crippen molar-refractivity contribution in [2.75, 3.05) is 19.8 Å². The summed E-state index contributed by atoms with van der Waals surface area (Å²) in [5.41, 5.74) is -0.865. The zero-order valence-corrected chi connectivity index (χ0v) is 12.2. The van der Waals surface area contributed by atoms with Crippen LogP contribution >= 0.6 is 0 Å². The molecule has 2 bridgehead atoms. The van der Waals surface area contributed by atoms with E-state index in [1.54, 1.807) is 20.8 Å². The quantitative estimate of drug-likeness (QED) is 0.611. The molecule has 1 amide bonds. The molecular weight excluding hydrogens is 267 g/mol. The number of nitrogens with one attached hydrogen (secondary N) is 1. The third-order valence-corrected chi connectivity index (χ3v) is 3.05. The Morgan fingerprint density at radius 1 is 1.25 bits per heavy atom. The van der Waals surface area contributed by atoms with Crippen molar-refractivity contribution in [3.8, 4) is 0 Å². The van der Waals surface area contributed by atoms with E-state index in [4.69, 9.17) is 18.9 Å². The molecule has 0 aromatic heterocycles.